The summed E-state index contributed by atoms with van der Waals surface area (Å²) in [7, 11) is 3.78. The third-order valence-electron chi connectivity index (χ3n) is 23.0. The van der Waals surface area contributed by atoms with Crippen LogP contribution in [0.4, 0.5) is 0 Å². The topological polar surface area (TPSA) is 666 Å². The molecule has 3 fully saturated rings. The van der Waals surface area contributed by atoms with E-state index in [1.165, 1.54) is 83.1 Å². The number of aromatic nitrogens is 3. The summed E-state index contributed by atoms with van der Waals surface area (Å²) in [5.41, 5.74) is 18.9. The third-order valence-corrected chi connectivity index (χ3v) is 25.1. The van der Waals surface area contributed by atoms with Gasteiger partial charge in [-0.05, 0) is 97.7 Å². The number of imidazole rings is 1. The van der Waals surface area contributed by atoms with Crippen molar-refractivity contribution in [2.75, 3.05) is 72.0 Å². The summed E-state index contributed by atoms with van der Waals surface area (Å²) in [6.45, 7) is 0.652. The number of phenolic OH excluding ortho intramolecular Hbond substituents is 1. The van der Waals surface area contributed by atoms with Crippen molar-refractivity contribution in [3.05, 3.63) is 119 Å². The maximum atomic E-state index is 15.6. The molecule has 17 amide bonds. The zero-order chi connectivity index (χ0) is 95.6. The van der Waals surface area contributed by atoms with Crippen LogP contribution < -0.4 is 75.7 Å². The van der Waals surface area contributed by atoms with Gasteiger partial charge in [-0.15, -0.1) is 23.1 Å². The van der Waals surface area contributed by atoms with Gasteiger partial charge in [0.2, 0.25) is 100 Å². The van der Waals surface area contributed by atoms with Crippen molar-refractivity contribution in [1.29, 1.82) is 5.41 Å². The van der Waals surface area contributed by atoms with Gasteiger partial charge in [0.05, 0.1) is 44.4 Å². The molecule has 6 aromatic rings. The number of carbonyl (C=O) groups excluding carboxylic acids is 17. The Bertz CT molecular complexity index is 5130. The summed E-state index contributed by atoms with van der Waals surface area (Å²) in [6, 6.07) is -3.17. The molecule has 3 aromatic heterocycles. The summed E-state index contributed by atoms with van der Waals surface area (Å²) >= 11 is 2.07. The van der Waals surface area contributed by atoms with Gasteiger partial charge in [0, 0.05) is 112 Å². The van der Waals surface area contributed by atoms with Crippen LogP contribution >= 0.6 is 23.1 Å². The first-order valence-corrected chi connectivity index (χ1v) is 44.7. The minimum absolute atomic E-state index is 0.0222. The van der Waals surface area contributed by atoms with Gasteiger partial charge >= 0.3 is 0 Å². The van der Waals surface area contributed by atoms with Crippen molar-refractivity contribution in [2.24, 2.45) is 17.2 Å². The third kappa shape index (κ3) is 27.6. The Morgan fingerprint density at radius 3 is 1.79 bits per heavy atom. The summed E-state index contributed by atoms with van der Waals surface area (Å²) in [5, 5.41) is 82.5. The van der Waals surface area contributed by atoms with Gasteiger partial charge in [-0.1, -0.05) is 68.3 Å². The van der Waals surface area contributed by atoms with Gasteiger partial charge < -0.3 is 131 Å². The normalized spacial score (nSPS) is 25.1. The fourth-order valence-corrected chi connectivity index (χ4v) is 17.3. The number of nitrogens with one attached hydrogen (secondary N) is 14. The number of unbranched alkanes of at least 4 members (excludes halogenated alkanes) is 1. The minimum atomic E-state index is -1.92. The van der Waals surface area contributed by atoms with Gasteiger partial charge in [0.1, 0.15) is 90.3 Å². The highest BCUT2D eigenvalue weighted by Gasteiger charge is 2.46. The van der Waals surface area contributed by atoms with Crippen molar-refractivity contribution < 1.29 is 102 Å². The number of likely N-dealkylation sites (N-methyl/N-ethyl adjacent to an activating group) is 3. The Balaban J connectivity index is 1.07. The molecule has 708 valence electrons. The number of amides is 17. The zero-order valence-electron chi connectivity index (χ0n) is 73.2. The maximum absolute atomic E-state index is 15.6. The van der Waals surface area contributed by atoms with E-state index in [9.17, 15) is 78.0 Å². The Morgan fingerprint density at radius 1 is 0.565 bits per heavy atom. The number of aliphatic hydroxyl groups excluding tert-OH is 3. The van der Waals surface area contributed by atoms with E-state index in [-0.39, 0.29) is 82.3 Å². The molecule has 3 aliphatic heterocycles. The first-order valence-electron chi connectivity index (χ1n) is 42.7. The average molecular weight is 1860 g/mol. The van der Waals surface area contributed by atoms with Crippen LogP contribution in [0.1, 0.15) is 101 Å². The van der Waals surface area contributed by atoms with Gasteiger partial charge in [0.25, 0.3) is 0 Å². The van der Waals surface area contributed by atoms with Gasteiger partial charge in [-0.2, -0.15) is 0 Å². The van der Waals surface area contributed by atoms with Crippen molar-refractivity contribution in [2.45, 2.75) is 195 Å². The smallest absolute Gasteiger partial charge is 0.248 e. The number of hydrogen-bond donors (Lipinski definition) is 21. The molecule has 46 heteroatoms. The number of para-hydroxylation sites is 1. The fourth-order valence-electron chi connectivity index (χ4n) is 15.5. The molecular formula is C85H115N23O21S2. The lowest BCUT2D eigenvalue weighted by Crippen LogP contribution is -2.62. The van der Waals surface area contributed by atoms with Crippen LogP contribution in [0, 0.1) is 5.41 Å². The quantitative estimate of drug-likeness (QED) is 0.0171. The van der Waals surface area contributed by atoms with E-state index in [1.807, 2.05) is 13.0 Å². The number of primary amides is 2. The van der Waals surface area contributed by atoms with Crippen LogP contribution in [-0.4, -0.2) is 329 Å². The van der Waals surface area contributed by atoms with Crippen molar-refractivity contribution in [3.63, 3.8) is 0 Å². The molecule has 0 saturated carbocycles. The highest BCUT2D eigenvalue weighted by molar-refractivity contribution is 8.00. The molecule has 3 aliphatic rings. The summed E-state index contributed by atoms with van der Waals surface area (Å²) in [4.78, 5) is 262. The molecule has 131 heavy (non-hydrogen) atoms. The van der Waals surface area contributed by atoms with Crippen LogP contribution in [-0.2, 0) is 107 Å². The predicted molar refractivity (Wildman–Crippen MR) is 477 cm³/mol. The van der Waals surface area contributed by atoms with E-state index in [1.54, 1.807) is 54.0 Å². The lowest BCUT2D eigenvalue weighted by Gasteiger charge is -2.35. The molecule has 3 aromatic carbocycles. The van der Waals surface area contributed by atoms with Crippen LogP contribution in [0.25, 0.3) is 21.0 Å². The van der Waals surface area contributed by atoms with Crippen molar-refractivity contribution in [3.8, 4) is 5.75 Å². The number of benzene rings is 3. The number of thioether (sulfide) groups is 1. The first kappa shape index (κ1) is 101. The highest BCUT2D eigenvalue weighted by Crippen LogP contribution is 2.30. The molecule has 0 spiro atoms. The number of nitrogens with two attached hydrogens (primary N) is 3. The second-order valence-electron chi connectivity index (χ2n) is 32.4. The predicted octanol–water partition coefficient (Wildman–Crippen LogP) is -5.42. The largest absolute Gasteiger partial charge is 0.508 e. The Hall–Kier alpha value is -13.3. The van der Waals surface area contributed by atoms with Gasteiger partial charge in [-0.3, -0.25) is 86.9 Å². The lowest BCUT2D eigenvalue weighted by molar-refractivity contribution is -0.149. The number of phenols is 1. The highest BCUT2D eigenvalue weighted by atomic mass is 32.2. The zero-order valence-corrected chi connectivity index (χ0v) is 74.8. The molecule has 0 bridgehead atoms. The van der Waals surface area contributed by atoms with Crippen molar-refractivity contribution >= 4 is 150 Å². The van der Waals surface area contributed by atoms with E-state index in [4.69, 9.17) is 22.6 Å². The number of H-pyrrole nitrogens is 2. The number of aromatic hydroxyl groups is 1. The average Bonchev–Trinajstić information content (AvgIpc) is 1.78. The molecule has 0 unspecified atom stereocenters. The van der Waals surface area contributed by atoms with E-state index in [2.05, 4.69) is 73.4 Å². The second kappa shape index (κ2) is 47.8. The van der Waals surface area contributed by atoms with E-state index in [0.29, 0.717) is 45.8 Å². The summed E-state index contributed by atoms with van der Waals surface area (Å²) in [5.74, 6) is -18.6. The Labute approximate surface area is 761 Å². The number of aromatic amines is 2. The van der Waals surface area contributed by atoms with Crippen LogP contribution in [0.3, 0.4) is 0 Å². The lowest BCUT2D eigenvalue weighted by atomic mass is 10.0. The number of nitrogens with zero attached hydrogens (tertiary/aromatic N) is 6. The molecule has 3 saturated heterocycles. The van der Waals surface area contributed by atoms with E-state index in [0.717, 1.165) is 41.0 Å². The number of hydrogen-bond acceptors (Lipinski definition) is 25. The number of rotatable bonds is 22. The van der Waals surface area contributed by atoms with E-state index < -0.39 is 248 Å². The van der Waals surface area contributed by atoms with Crippen LogP contribution in [0.2, 0.25) is 0 Å². The number of aliphatic hydroxyl groups is 3. The number of fused-ring (bicyclic) bond motifs is 4. The first-order chi connectivity index (χ1) is 62.4. The SMILES string of the molecule is CCCC[C@H]1C(=O)N(C)[C@@H](C)C(=O)N[C@@H](CCCNC(=N)N)C(=O)N[C@H](C(=O)NCC(N)=O)CSCC(=O)N[C@@H](Cc2ccc(O)cc2)C(=O)N(C)[C@@H](C)C(=O)N[C@H](CC(N)=O)C(=O)N2CCC[C@H]2C(=O)N[C@@H](Cc2cnc[nH]2)C(=O)N[C@@H](CO)C(=O)N2C[C@H](O)C[C@H]2C(=O)N[C@@H](Cc2c[nH]c3ccccc23)C(=O)N[C@@H](CO)C(=O)N[C@@H](Cc2csc3ccccc23)C(=O)N1C. The maximum Gasteiger partial charge on any atom is 0.248 e. The second-order valence-corrected chi connectivity index (χ2v) is 34.4. The fraction of sp³-hybridized carbons (Fsp3) is 0.494. The minimum Gasteiger partial charge on any atom is -0.508 e. The number of thiophene rings is 1. The van der Waals surface area contributed by atoms with Gasteiger partial charge in [-0.25, -0.2) is 4.98 Å². The van der Waals surface area contributed by atoms with Crippen LogP contribution in [0.5, 0.6) is 5.75 Å². The Morgan fingerprint density at radius 2 is 1.14 bits per heavy atom. The Kier molecular flexibility index (Phi) is 37.0. The summed E-state index contributed by atoms with van der Waals surface area (Å²) < 4.78 is 0.796. The number of guanidine groups is 1. The number of carbonyl (C=O) groups is 17. The molecule has 0 radical (unpaired) electrons. The van der Waals surface area contributed by atoms with Gasteiger partial charge in [0.15, 0.2) is 5.96 Å². The molecule has 15 atom stereocenters. The molecule has 6 heterocycles. The summed E-state index contributed by atoms with van der Waals surface area (Å²) in [6.07, 6.45) is 0.804. The molecular weight excluding hydrogens is 1740 g/mol. The van der Waals surface area contributed by atoms with E-state index >= 15 is 24.0 Å². The van der Waals surface area contributed by atoms with Crippen LogP contribution in [0.15, 0.2) is 96.9 Å². The standard InChI is InChI=1S/C85H115N23O21S2/c1-7-8-19-65-84(129)105(5)45(3)71(116)96-55(18-13-26-91-85(88)89)74(119)103-63(73(118)93-36-69(87)114)41-130-42-70(115)95-58(28-46-22-24-50(111)25-23-46)80(125)104(4)44(2)72(117)99-60(33-68(86)113)82(127)107-27-14-20-64(107)78(123)98-57(31-49-35-90-43-94-49)76(121)102-62(39-110)83(128)108-37-51(112)32-66(108)79(124)97-56(29-47-34-92-54-17-11-9-15-52(47)54)75(120)101-61(38-109)77(122)100-59(81(126)106(65)6)30-48-40-131-67-21-12-10-16-53(48)67/h9-12,15-17,21-25,34-35,40,43-45,51,55-66,92,109-112H,7-8,13-14,18-20,26-33,36-39,41-42H2,1-6H3,(H2,86,113)(H2,87,114)(H,90,94)(H,93,118)(H,95,115)(H,96,116)(H,97,124)(H,98,123)(H,99,117)(H,100,122)(H,101,120)(H,102,121)(H,103,119)(H4,88,89,91)/t44-,45-,51+,55-,56-,57-,58-,59-,60+,61-,62-,63-,64-,65-,66-/m0/s1. The molecule has 9 rings (SSSR count). The molecule has 24 N–H and O–H groups in total. The monoisotopic (exact) mass is 1860 g/mol. The molecule has 0 aliphatic carbocycles. The molecule has 44 nitrogen and oxygen atoms in total. The van der Waals surface area contributed by atoms with Crippen molar-refractivity contribution in [1.82, 2.24) is 97.9 Å².